The summed E-state index contributed by atoms with van der Waals surface area (Å²) in [5, 5.41) is 11.8. The van der Waals surface area contributed by atoms with Crippen LogP contribution in [0.2, 0.25) is 0 Å². The first-order valence-corrected chi connectivity index (χ1v) is 14.2. The van der Waals surface area contributed by atoms with Gasteiger partial charge in [0.2, 0.25) is 10.0 Å². The standard InChI is InChI=1S/C24H27N5O6S2/c1-16-14-28(15-17(2)35-16)37(33,34)20-6-3-18(4-7-20)23(30)26-9-11-27(12-10-26)24-25-21-8-5-19(29(31)32)13-22(21)36-24/h3-8,13,16-17H,9-12,14-15H2,1-2H3. The third-order valence-corrected chi connectivity index (χ3v) is 9.46. The predicted octanol–water partition coefficient (Wildman–Crippen LogP) is 2.96. The number of carbonyl (C=O) groups is 1. The quantitative estimate of drug-likeness (QED) is 0.354. The first-order valence-electron chi connectivity index (χ1n) is 12.0. The molecule has 0 saturated carbocycles. The Kier molecular flexibility index (Phi) is 6.88. The molecule has 11 nitrogen and oxygen atoms in total. The van der Waals surface area contributed by atoms with Crippen LogP contribution < -0.4 is 4.90 Å². The van der Waals surface area contributed by atoms with Crippen molar-refractivity contribution in [3.8, 4) is 0 Å². The molecule has 2 saturated heterocycles. The Balaban J connectivity index is 1.23. The van der Waals surface area contributed by atoms with Gasteiger partial charge < -0.3 is 14.5 Å². The first-order chi connectivity index (χ1) is 17.6. The van der Waals surface area contributed by atoms with Gasteiger partial charge in [0.1, 0.15) is 0 Å². The molecule has 3 aromatic rings. The van der Waals surface area contributed by atoms with Crippen LogP contribution in [-0.2, 0) is 14.8 Å². The zero-order chi connectivity index (χ0) is 26.3. The van der Waals surface area contributed by atoms with Gasteiger partial charge in [-0.3, -0.25) is 14.9 Å². The van der Waals surface area contributed by atoms with Crippen LogP contribution in [-0.4, -0.2) is 84.9 Å². The van der Waals surface area contributed by atoms with Gasteiger partial charge in [0.25, 0.3) is 11.6 Å². The third kappa shape index (κ3) is 5.17. The zero-order valence-corrected chi connectivity index (χ0v) is 22.1. The Morgan fingerprint density at radius 2 is 1.70 bits per heavy atom. The predicted molar refractivity (Wildman–Crippen MR) is 140 cm³/mol. The van der Waals surface area contributed by atoms with Crippen molar-refractivity contribution >= 4 is 48.3 Å². The van der Waals surface area contributed by atoms with Crippen LogP contribution in [0.25, 0.3) is 10.2 Å². The monoisotopic (exact) mass is 545 g/mol. The summed E-state index contributed by atoms with van der Waals surface area (Å²) < 4.78 is 34.0. The van der Waals surface area contributed by atoms with Crippen LogP contribution in [0, 0.1) is 10.1 Å². The van der Waals surface area contributed by atoms with E-state index in [9.17, 15) is 23.3 Å². The van der Waals surface area contributed by atoms with Gasteiger partial charge in [-0.25, -0.2) is 13.4 Å². The van der Waals surface area contributed by atoms with E-state index in [1.807, 2.05) is 13.8 Å². The lowest BCUT2D eigenvalue weighted by molar-refractivity contribution is -0.384. The van der Waals surface area contributed by atoms with Gasteiger partial charge in [0.15, 0.2) is 5.13 Å². The number of hydrogen-bond acceptors (Lipinski definition) is 9. The average Bonchev–Trinajstić information content (AvgIpc) is 3.31. The maximum atomic E-state index is 13.1. The second kappa shape index (κ2) is 9.97. The Hall–Kier alpha value is -3.13. The highest BCUT2D eigenvalue weighted by atomic mass is 32.2. The van der Waals surface area contributed by atoms with E-state index >= 15 is 0 Å². The van der Waals surface area contributed by atoms with Crippen LogP contribution >= 0.6 is 11.3 Å². The van der Waals surface area contributed by atoms with Gasteiger partial charge in [0, 0.05) is 57.0 Å². The van der Waals surface area contributed by atoms with Gasteiger partial charge in [-0.05, 0) is 44.2 Å². The van der Waals surface area contributed by atoms with Gasteiger partial charge >= 0.3 is 0 Å². The molecule has 196 valence electrons. The van der Waals surface area contributed by atoms with Crippen molar-refractivity contribution in [2.75, 3.05) is 44.2 Å². The van der Waals surface area contributed by atoms with Crippen LogP contribution in [0.4, 0.5) is 10.8 Å². The molecule has 0 N–H and O–H groups in total. The Labute approximate surface area is 218 Å². The van der Waals surface area contributed by atoms with Crippen molar-refractivity contribution in [1.29, 1.82) is 0 Å². The molecule has 0 spiro atoms. The van der Waals surface area contributed by atoms with Crippen LogP contribution in [0.5, 0.6) is 0 Å². The zero-order valence-electron chi connectivity index (χ0n) is 20.4. The van der Waals surface area contributed by atoms with E-state index in [1.54, 1.807) is 23.1 Å². The average molecular weight is 546 g/mol. The lowest BCUT2D eigenvalue weighted by Gasteiger charge is -2.35. The Morgan fingerprint density at radius 1 is 1.05 bits per heavy atom. The van der Waals surface area contributed by atoms with Crippen molar-refractivity contribution in [2.45, 2.75) is 31.0 Å². The van der Waals surface area contributed by atoms with E-state index in [4.69, 9.17) is 4.74 Å². The molecule has 1 amide bonds. The summed E-state index contributed by atoms with van der Waals surface area (Å²) in [7, 11) is -3.67. The summed E-state index contributed by atoms with van der Waals surface area (Å²) in [6.07, 6.45) is -0.362. The second-order valence-corrected chi connectivity index (χ2v) is 12.2. The number of ether oxygens (including phenoxy) is 1. The van der Waals surface area contributed by atoms with Crippen molar-refractivity contribution < 1.29 is 22.9 Å². The first kappa shape index (κ1) is 25.5. The van der Waals surface area contributed by atoms with Crippen molar-refractivity contribution in [2.24, 2.45) is 0 Å². The van der Waals surface area contributed by atoms with E-state index in [0.29, 0.717) is 50.3 Å². The molecule has 0 bridgehead atoms. The smallest absolute Gasteiger partial charge is 0.270 e. The summed E-state index contributed by atoms with van der Waals surface area (Å²) in [6.45, 7) is 6.41. The number of amides is 1. The fraction of sp³-hybridized carbons (Fsp3) is 0.417. The molecule has 2 aliphatic heterocycles. The fourth-order valence-corrected chi connectivity index (χ4v) is 7.32. The molecule has 2 atom stereocenters. The molecule has 1 aromatic heterocycles. The Morgan fingerprint density at radius 3 is 2.32 bits per heavy atom. The van der Waals surface area contributed by atoms with E-state index in [2.05, 4.69) is 9.88 Å². The lowest BCUT2D eigenvalue weighted by Crippen LogP contribution is -2.48. The molecule has 3 heterocycles. The number of benzene rings is 2. The van der Waals surface area contributed by atoms with E-state index in [-0.39, 0.29) is 28.7 Å². The number of nitro benzene ring substituents is 1. The molecule has 0 aliphatic carbocycles. The molecule has 2 aliphatic rings. The van der Waals surface area contributed by atoms with Gasteiger partial charge in [-0.1, -0.05) is 11.3 Å². The largest absolute Gasteiger partial charge is 0.373 e. The summed E-state index contributed by atoms with van der Waals surface area (Å²) in [6, 6.07) is 10.7. The minimum atomic E-state index is -3.67. The van der Waals surface area contributed by atoms with Crippen molar-refractivity contribution in [1.82, 2.24) is 14.2 Å². The van der Waals surface area contributed by atoms with Crippen LogP contribution in [0.1, 0.15) is 24.2 Å². The van der Waals surface area contributed by atoms with Crippen LogP contribution in [0.15, 0.2) is 47.4 Å². The fourth-order valence-electron chi connectivity index (χ4n) is 4.68. The molecule has 13 heteroatoms. The van der Waals surface area contributed by atoms with Crippen LogP contribution in [0.3, 0.4) is 0 Å². The summed E-state index contributed by atoms with van der Waals surface area (Å²) >= 11 is 1.40. The number of thiazole rings is 1. The third-order valence-electron chi connectivity index (χ3n) is 6.53. The molecule has 0 radical (unpaired) electrons. The highest BCUT2D eigenvalue weighted by Gasteiger charge is 2.32. The molecule has 37 heavy (non-hydrogen) atoms. The lowest BCUT2D eigenvalue weighted by atomic mass is 10.2. The van der Waals surface area contributed by atoms with E-state index < -0.39 is 14.9 Å². The summed E-state index contributed by atoms with van der Waals surface area (Å²) in [5.74, 6) is -0.155. The van der Waals surface area contributed by atoms with Gasteiger partial charge in [-0.15, -0.1) is 0 Å². The molecule has 2 aromatic carbocycles. The number of nitrogens with zero attached hydrogens (tertiary/aromatic N) is 5. The minimum absolute atomic E-state index is 0.0333. The number of fused-ring (bicyclic) bond motifs is 1. The Bertz CT molecular complexity index is 1420. The maximum Gasteiger partial charge on any atom is 0.270 e. The number of piperazine rings is 1. The number of morpholine rings is 1. The number of nitro groups is 1. The van der Waals surface area contributed by atoms with Crippen molar-refractivity contribution in [3.63, 3.8) is 0 Å². The molecular formula is C24H27N5O6S2. The number of hydrogen-bond donors (Lipinski definition) is 0. The van der Waals surface area contributed by atoms with Crippen molar-refractivity contribution in [3.05, 3.63) is 58.1 Å². The minimum Gasteiger partial charge on any atom is -0.373 e. The SMILES string of the molecule is CC1CN(S(=O)(=O)c2ccc(C(=O)N3CCN(c4nc5ccc([N+](=O)[O-])cc5s4)CC3)cc2)CC(C)O1. The number of sulfonamides is 1. The number of aromatic nitrogens is 1. The highest BCUT2D eigenvalue weighted by molar-refractivity contribution is 7.89. The van der Waals surface area contributed by atoms with E-state index in [1.165, 1.54) is 39.9 Å². The molecular weight excluding hydrogens is 518 g/mol. The number of non-ortho nitro benzene ring substituents is 1. The summed E-state index contributed by atoms with van der Waals surface area (Å²) in [5.41, 5.74) is 1.18. The molecule has 2 fully saturated rings. The normalized spacial score (nSPS) is 21.4. The topological polar surface area (TPSA) is 126 Å². The summed E-state index contributed by atoms with van der Waals surface area (Å²) in [4.78, 5) is 32.3. The second-order valence-electron chi connectivity index (χ2n) is 9.29. The number of rotatable bonds is 5. The molecule has 2 unspecified atom stereocenters. The number of anilines is 1. The number of carbonyl (C=O) groups excluding carboxylic acids is 1. The molecule has 5 rings (SSSR count). The highest BCUT2D eigenvalue weighted by Crippen LogP contribution is 2.32. The van der Waals surface area contributed by atoms with Gasteiger partial charge in [0.05, 0.1) is 32.2 Å². The van der Waals surface area contributed by atoms with E-state index in [0.717, 1.165) is 9.83 Å². The maximum absolute atomic E-state index is 13.1. The van der Waals surface area contributed by atoms with Gasteiger partial charge in [-0.2, -0.15) is 4.31 Å².